The van der Waals surface area contributed by atoms with Crippen molar-refractivity contribution < 1.29 is 32.6 Å². The van der Waals surface area contributed by atoms with Crippen LogP contribution in [0.1, 0.15) is 15.9 Å². The van der Waals surface area contributed by atoms with Crippen LogP contribution in [0.5, 0.6) is 5.75 Å². The molecule has 34 heavy (non-hydrogen) atoms. The Labute approximate surface area is 192 Å². The zero-order chi connectivity index (χ0) is 24.9. The molecule has 0 fully saturated rings. The highest BCUT2D eigenvalue weighted by Gasteiger charge is 2.38. The number of fused-ring (bicyclic) bond motifs is 1. The summed E-state index contributed by atoms with van der Waals surface area (Å²) in [6.07, 6.45) is 0.419. The van der Waals surface area contributed by atoms with Crippen LogP contribution in [0.3, 0.4) is 0 Å². The van der Waals surface area contributed by atoms with Crippen molar-refractivity contribution in [2.75, 3.05) is 7.11 Å². The number of carbonyl (C=O) groups is 2. The number of benzene rings is 2. The highest BCUT2D eigenvalue weighted by atomic mass is 19.4. The lowest BCUT2D eigenvalue weighted by Crippen LogP contribution is -2.22. The molecule has 0 spiro atoms. The average molecular weight is 474 g/mol. The van der Waals surface area contributed by atoms with Gasteiger partial charge in [0.1, 0.15) is 5.75 Å². The molecule has 0 bridgehead atoms. The van der Waals surface area contributed by atoms with E-state index in [2.05, 4.69) is 21.6 Å². The van der Waals surface area contributed by atoms with Gasteiger partial charge in [0.05, 0.1) is 18.9 Å². The number of halogens is 3. The summed E-state index contributed by atoms with van der Waals surface area (Å²) in [4.78, 5) is 21.6. The molecule has 0 aliphatic carbocycles. The molecule has 0 atom stereocenters. The summed E-state index contributed by atoms with van der Waals surface area (Å²) in [5.74, 6) is -2.08. The number of aromatic amines is 1. The SMILES string of the molecule is COc1cccc(CNC(=O)c2cn(C)c3cc(-c4cn[nH]c4)ccc23)c1.O=C(O)C(F)(F)F. The van der Waals surface area contributed by atoms with Crippen molar-refractivity contribution in [1.82, 2.24) is 20.1 Å². The molecular formula is C23H21F3N4O4. The minimum absolute atomic E-state index is 0.0977. The number of alkyl halides is 3. The number of methoxy groups -OCH3 is 1. The van der Waals surface area contributed by atoms with Gasteiger partial charge in [0.25, 0.3) is 5.91 Å². The normalized spacial score (nSPS) is 11.0. The standard InChI is InChI=1S/C21H20N4O2.C2HF3O2/c1-25-13-19(21(26)22-10-14-4-3-5-17(8-14)27-2)18-7-6-15(9-20(18)25)16-11-23-24-12-16;3-2(4,5)1(6)7/h3-9,11-13H,10H2,1-2H3,(H,22,26)(H,23,24);(H,6,7). The molecule has 2 aromatic carbocycles. The molecule has 4 aromatic rings. The Morgan fingerprint density at radius 2 is 1.91 bits per heavy atom. The minimum Gasteiger partial charge on any atom is -0.497 e. The molecule has 0 saturated heterocycles. The number of hydrogen-bond acceptors (Lipinski definition) is 4. The Bertz CT molecular complexity index is 1300. The smallest absolute Gasteiger partial charge is 0.490 e. The van der Waals surface area contributed by atoms with Gasteiger partial charge in [-0.1, -0.05) is 24.3 Å². The number of carboxylic acids is 1. The van der Waals surface area contributed by atoms with E-state index in [4.69, 9.17) is 14.6 Å². The molecule has 0 unspecified atom stereocenters. The van der Waals surface area contributed by atoms with Crippen molar-refractivity contribution in [1.29, 1.82) is 0 Å². The summed E-state index contributed by atoms with van der Waals surface area (Å²) in [6.45, 7) is 0.444. The van der Waals surface area contributed by atoms with E-state index < -0.39 is 12.1 Å². The number of aromatic nitrogens is 3. The zero-order valence-electron chi connectivity index (χ0n) is 18.2. The van der Waals surface area contributed by atoms with E-state index in [-0.39, 0.29) is 5.91 Å². The van der Waals surface area contributed by atoms with Crippen molar-refractivity contribution in [2.24, 2.45) is 7.05 Å². The number of nitrogens with one attached hydrogen (secondary N) is 2. The molecule has 0 saturated carbocycles. The number of carbonyl (C=O) groups excluding carboxylic acids is 1. The van der Waals surface area contributed by atoms with Crippen LogP contribution >= 0.6 is 0 Å². The van der Waals surface area contributed by atoms with Gasteiger partial charge in [-0.15, -0.1) is 0 Å². The maximum Gasteiger partial charge on any atom is 0.490 e. The van der Waals surface area contributed by atoms with Gasteiger partial charge in [-0.25, -0.2) is 4.79 Å². The fourth-order valence-electron chi connectivity index (χ4n) is 3.21. The molecule has 0 aliphatic rings. The second kappa shape index (κ2) is 10.1. The Balaban J connectivity index is 0.000000406. The molecular weight excluding hydrogens is 453 g/mol. The van der Waals surface area contributed by atoms with Crippen LogP contribution in [0.4, 0.5) is 13.2 Å². The first-order valence-electron chi connectivity index (χ1n) is 9.89. The molecule has 0 radical (unpaired) electrons. The predicted molar refractivity (Wildman–Crippen MR) is 118 cm³/mol. The third-order valence-corrected chi connectivity index (χ3v) is 4.90. The molecule has 0 aliphatic heterocycles. The predicted octanol–water partition coefficient (Wildman–Crippen LogP) is 4.14. The number of hydrogen-bond donors (Lipinski definition) is 3. The van der Waals surface area contributed by atoms with Crippen molar-refractivity contribution in [3.8, 4) is 16.9 Å². The molecule has 2 aromatic heterocycles. The number of carboxylic acid groups (broad SMARTS) is 1. The van der Waals surface area contributed by atoms with E-state index in [0.717, 1.165) is 33.3 Å². The number of nitrogens with zero attached hydrogens (tertiary/aromatic N) is 2. The third-order valence-electron chi connectivity index (χ3n) is 4.90. The third kappa shape index (κ3) is 5.74. The van der Waals surface area contributed by atoms with E-state index in [1.807, 2.05) is 60.4 Å². The molecule has 178 valence electrons. The van der Waals surface area contributed by atoms with Crippen LogP contribution in [0.25, 0.3) is 22.0 Å². The second-order valence-corrected chi connectivity index (χ2v) is 7.21. The number of aryl methyl sites for hydroxylation is 1. The lowest BCUT2D eigenvalue weighted by Gasteiger charge is -2.06. The number of aliphatic carboxylic acids is 1. The van der Waals surface area contributed by atoms with Crippen LogP contribution in [0.2, 0.25) is 0 Å². The van der Waals surface area contributed by atoms with Gasteiger partial charge in [-0.3, -0.25) is 9.89 Å². The van der Waals surface area contributed by atoms with Crippen LogP contribution in [-0.2, 0) is 18.4 Å². The minimum atomic E-state index is -5.08. The molecule has 11 heteroatoms. The topological polar surface area (TPSA) is 109 Å². The first kappa shape index (κ1) is 24.4. The van der Waals surface area contributed by atoms with Crippen LogP contribution in [0, 0.1) is 0 Å². The highest BCUT2D eigenvalue weighted by molar-refractivity contribution is 6.07. The highest BCUT2D eigenvalue weighted by Crippen LogP contribution is 2.27. The Kier molecular flexibility index (Phi) is 7.24. The fourth-order valence-corrected chi connectivity index (χ4v) is 3.21. The van der Waals surface area contributed by atoms with E-state index >= 15 is 0 Å². The van der Waals surface area contributed by atoms with Crippen LogP contribution in [0.15, 0.2) is 61.1 Å². The maximum absolute atomic E-state index is 12.7. The lowest BCUT2D eigenvalue weighted by molar-refractivity contribution is -0.192. The monoisotopic (exact) mass is 474 g/mol. The average Bonchev–Trinajstić information content (AvgIpc) is 3.46. The maximum atomic E-state index is 12.7. The molecule has 8 nitrogen and oxygen atoms in total. The summed E-state index contributed by atoms with van der Waals surface area (Å²) in [5, 5.41) is 17.9. The number of H-pyrrole nitrogens is 1. The van der Waals surface area contributed by atoms with Crippen molar-refractivity contribution in [3.63, 3.8) is 0 Å². The number of ether oxygens (including phenoxy) is 1. The van der Waals surface area contributed by atoms with E-state index in [1.54, 1.807) is 13.3 Å². The Morgan fingerprint density at radius 3 is 2.53 bits per heavy atom. The number of amides is 1. The molecule has 2 heterocycles. The summed E-state index contributed by atoms with van der Waals surface area (Å²) in [6, 6.07) is 13.7. The largest absolute Gasteiger partial charge is 0.497 e. The Hall–Kier alpha value is -4.28. The van der Waals surface area contributed by atoms with Crippen molar-refractivity contribution in [3.05, 3.63) is 72.2 Å². The number of rotatable bonds is 5. The van der Waals surface area contributed by atoms with Gasteiger partial charge in [0.15, 0.2) is 0 Å². The quantitative estimate of drug-likeness (QED) is 0.403. The van der Waals surface area contributed by atoms with Gasteiger partial charge in [-0.05, 0) is 29.3 Å². The Morgan fingerprint density at radius 1 is 1.18 bits per heavy atom. The molecule has 3 N–H and O–H groups in total. The van der Waals surface area contributed by atoms with E-state index in [0.29, 0.717) is 12.1 Å². The van der Waals surface area contributed by atoms with Crippen LogP contribution < -0.4 is 10.1 Å². The summed E-state index contributed by atoms with van der Waals surface area (Å²) >= 11 is 0. The van der Waals surface area contributed by atoms with Gasteiger partial charge in [0.2, 0.25) is 0 Å². The van der Waals surface area contributed by atoms with Gasteiger partial charge in [0, 0.05) is 42.5 Å². The van der Waals surface area contributed by atoms with Crippen LogP contribution in [-0.4, -0.2) is 45.0 Å². The summed E-state index contributed by atoms with van der Waals surface area (Å²) < 4.78 is 38.9. The van der Waals surface area contributed by atoms with Crippen molar-refractivity contribution >= 4 is 22.8 Å². The van der Waals surface area contributed by atoms with E-state index in [9.17, 15) is 18.0 Å². The fraction of sp³-hybridized carbons (Fsp3) is 0.174. The summed E-state index contributed by atoms with van der Waals surface area (Å²) in [7, 11) is 3.58. The first-order chi connectivity index (χ1) is 16.1. The second-order valence-electron chi connectivity index (χ2n) is 7.21. The molecule has 1 amide bonds. The molecule has 4 rings (SSSR count). The van der Waals surface area contributed by atoms with Gasteiger partial charge < -0.3 is 19.7 Å². The van der Waals surface area contributed by atoms with E-state index in [1.165, 1.54) is 0 Å². The summed E-state index contributed by atoms with van der Waals surface area (Å²) in [5.41, 5.74) is 4.72. The lowest BCUT2D eigenvalue weighted by atomic mass is 10.1. The van der Waals surface area contributed by atoms with Gasteiger partial charge >= 0.3 is 12.1 Å². The first-order valence-corrected chi connectivity index (χ1v) is 9.89. The van der Waals surface area contributed by atoms with Gasteiger partial charge in [-0.2, -0.15) is 18.3 Å². The zero-order valence-corrected chi connectivity index (χ0v) is 18.2. The van der Waals surface area contributed by atoms with Crippen molar-refractivity contribution in [2.45, 2.75) is 12.7 Å².